The molecule has 0 amide bonds. The average Bonchev–Trinajstić information content (AvgIpc) is 2.41. The number of aliphatic hydroxyl groups excluding tert-OH is 1. The highest BCUT2D eigenvalue weighted by Gasteiger charge is 2.11. The van der Waals surface area contributed by atoms with Gasteiger partial charge in [0.05, 0.1) is 6.10 Å². The minimum atomic E-state index is -0.571. The van der Waals surface area contributed by atoms with Crippen molar-refractivity contribution >= 4 is 39.3 Å². The van der Waals surface area contributed by atoms with E-state index >= 15 is 0 Å². The number of benzene rings is 2. The van der Waals surface area contributed by atoms with E-state index in [2.05, 4.69) is 15.9 Å². The van der Waals surface area contributed by atoms with E-state index in [1.807, 2.05) is 12.1 Å². The lowest BCUT2D eigenvalue weighted by Crippen LogP contribution is -2.13. The van der Waals surface area contributed by atoms with Crippen LogP contribution in [0, 0.1) is 5.82 Å². The molecule has 0 aliphatic rings. The summed E-state index contributed by atoms with van der Waals surface area (Å²) in [5.41, 5.74) is 0.886. The van der Waals surface area contributed by atoms with Crippen molar-refractivity contribution in [1.82, 2.24) is 0 Å². The third kappa shape index (κ3) is 4.48. The summed E-state index contributed by atoms with van der Waals surface area (Å²) in [6, 6.07) is 12.1. The Labute approximate surface area is 135 Å². The van der Waals surface area contributed by atoms with Gasteiger partial charge in [0.2, 0.25) is 0 Å². The molecule has 1 unspecified atom stereocenters. The van der Waals surface area contributed by atoms with Gasteiger partial charge in [-0.1, -0.05) is 45.7 Å². The molecule has 0 radical (unpaired) electrons. The molecule has 2 aromatic rings. The quantitative estimate of drug-likeness (QED) is 0.747. The van der Waals surface area contributed by atoms with Crippen molar-refractivity contribution in [3.05, 3.63) is 63.3 Å². The minimum absolute atomic E-state index is 0.258. The number of hydrogen-bond donors (Lipinski definition) is 1. The second-order valence-electron chi connectivity index (χ2n) is 4.34. The second-order valence-corrected chi connectivity index (χ2v) is 6.72. The van der Waals surface area contributed by atoms with Gasteiger partial charge in [-0.15, -0.1) is 11.8 Å². The number of hydrogen-bond acceptors (Lipinski definition) is 2. The molecule has 0 aliphatic carbocycles. The van der Waals surface area contributed by atoms with Crippen molar-refractivity contribution in [2.45, 2.75) is 17.4 Å². The van der Waals surface area contributed by atoms with Gasteiger partial charge in [-0.2, -0.15) is 0 Å². The molecule has 5 heteroatoms. The highest BCUT2D eigenvalue weighted by atomic mass is 79.9. The lowest BCUT2D eigenvalue weighted by molar-refractivity contribution is 0.200. The summed E-state index contributed by atoms with van der Waals surface area (Å²) in [6.07, 6.45) is -0.119. The average molecular weight is 376 g/mol. The first-order valence-electron chi connectivity index (χ1n) is 6.05. The minimum Gasteiger partial charge on any atom is -0.392 e. The van der Waals surface area contributed by atoms with Gasteiger partial charge in [0.15, 0.2) is 0 Å². The maximum absolute atomic E-state index is 13.4. The van der Waals surface area contributed by atoms with E-state index < -0.39 is 6.10 Å². The number of thioether (sulfide) groups is 1. The summed E-state index contributed by atoms with van der Waals surface area (Å²) in [5, 5.41) is 10.7. The first kappa shape index (κ1) is 15.8. The van der Waals surface area contributed by atoms with E-state index in [0.29, 0.717) is 22.1 Å². The lowest BCUT2D eigenvalue weighted by Gasteiger charge is -2.12. The van der Waals surface area contributed by atoms with Crippen LogP contribution in [0.25, 0.3) is 0 Å². The fraction of sp³-hybridized carbons (Fsp3) is 0.200. The molecule has 2 aromatic carbocycles. The normalized spacial score (nSPS) is 12.4. The van der Waals surface area contributed by atoms with Crippen molar-refractivity contribution in [1.29, 1.82) is 0 Å². The predicted molar refractivity (Wildman–Crippen MR) is 86.0 cm³/mol. The maximum Gasteiger partial charge on any atom is 0.136 e. The van der Waals surface area contributed by atoms with Crippen molar-refractivity contribution < 1.29 is 9.50 Å². The molecule has 1 atom stereocenters. The van der Waals surface area contributed by atoms with Crippen molar-refractivity contribution in [3.8, 4) is 0 Å². The van der Waals surface area contributed by atoms with Crippen LogP contribution < -0.4 is 0 Å². The Morgan fingerprint density at radius 1 is 1.25 bits per heavy atom. The Hall–Kier alpha value is -0.550. The molecule has 0 saturated heterocycles. The smallest absolute Gasteiger partial charge is 0.136 e. The zero-order chi connectivity index (χ0) is 14.5. The Morgan fingerprint density at radius 2 is 2.00 bits per heavy atom. The van der Waals surface area contributed by atoms with E-state index in [9.17, 15) is 9.50 Å². The first-order chi connectivity index (χ1) is 9.56. The van der Waals surface area contributed by atoms with Crippen molar-refractivity contribution in [2.24, 2.45) is 0 Å². The third-order valence-corrected chi connectivity index (χ3v) is 4.78. The lowest BCUT2D eigenvalue weighted by atomic mass is 10.1. The number of rotatable bonds is 5. The molecule has 0 saturated carbocycles. The molecule has 0 aliphatic heterocycles. The summed E-state index contributed by atoms with van der Waals surface area (Å²) in [6.45, 7) is 0. The number of aliphatic hydroxyl groups is 1. The van der Waals surface area contributed by atoms with Gasteiger partial charge < -0.3 is 5.11 Å². The molecular weight excluding hydrogens is 363 g/mol. The molecule has 1 N–H and O–H groups in total. The van der Waals surface area contributed by atoms with E-state index in [-0.39, 0.29) is 5.82 Å². The monoisotopic (exact) mass is 374 g/mol. The van der Waals surface area contributed by atoms with Crippen LogP contribution in [0.4, 0.5) is 4.39 Å². The van der Waals surface area contributed by atoms with Crippen LogP contribution in [0.5, 0.6) is 0 Å². The van der Waals surface area contributed by atoms with Gasteiger partial charge in [-0.3, -0.25) is 0 Å². The number of halogens is 3. The summed E-state index contributed by atoms with van der Waals surface area (Å²) >= 11 is 10.8. The zero-order valence-electron chi connectivity index (χ0n) is 10.5. The van der Waals surface area contributed by atoms with E-state index in [0.717, 1.165) is 10.0 Å². The summed E-state index contributed by atoms with van der Waals surface area (Å²) in [5.74, 6) is 0.166. The fourth-order valence-corrected chi connectivity index (χ4v) is 3.37. The standard InChI is InChI=1S/C15H13BrClFOS/c16-11-6-5-10(13(17)8-11)7-12(19)9-20-15-4-2-1-3-14(15)18/h1-6,8,12,19H,7,9H2. The molecule has 0 spiro atoms. The van der Waals surface area contributed by atoms with Crippen molar-refractivity contribution in [2.75, 3.05) is 5.75 Å². The second kappa shape index (κ2) is 7.46. The van der Waals surface area contributed by atoms with Crippen LogP contribution in [-0.4, -0.2) is 17.0 Å². The van der Waals surface area contributed by atoms with Gasteiger partial charge in [0.1, 0.15) is 5.82 Å². The topological polar surface area (TPSA) is 20.2 Å². The van der Waals surface area contributed by atoms with E-state index in [1.54, 1.807) is 24.3 Å². The highest BCUT2D eigenvalue weighted by molar-refractivity contribution is 9.10. The van der Waals surface area contributed by atoms with Gasteiger partial charge >= 0.3 is 0 Å². The zero-order valence-corrected chi connectivity index (χ0v) is 13.7. The maximum atomic E-state index is 13.4. The fourth-order valence-electron chi connectivity index (χ4n) is 1.75. The Bertz CT molecular complexity index is 594. The van der Waals surface area contributed by atoms with Crippen LogP contribution in [0.15, 0.2) is 51.8 Å². The summed E-state index contributed by atoms with van der Waals surface area (Å²) in [7, 11) is 0. The van der Waals surface area contributed by atoms with Crippen LogP contribution in [0.1, 0.15) is 5.56 Å². The van der Waals surface area contributed by atoms with Crippen LogP contribution in [0.3, 0.4) is 0 Å². The Balaban J connectivity index is 1.92. The summed E-state index contributed by atoms with van der Waals surface area (Å²) in [4.78, 5) is 0.549. The molecule has 2 rings (SSSR count). The van der Waals surface area contributed by atoms with Gasteiger partial charge in [0.25, 0.3) is 0 Å². The highest BCUT2D eigenvalue weighted by Crippen LogP contribution is 2.25. The molecular formula is C15H13BrClFOS. The van der Waals surface area contributed by atoms with Gasteiger partial charge in [0, 0.05) is 26.6 Å². The first-order valence-corrected chi connectivity index (χ1v) is 8.21. The van der Waals surface area contributed by atoms with Gasteiger partial charge in [-0.25, -0.2) is 4.39 Å². The third-order valence-electron chi connectivity index (χ3n) is 2.74. The molecule has 0 bridgehead atoms. The molecule has 106 valence electrons. The van der Waals surface area contributed by atoms with E-state index in [1.165, 1.54) is 17.8 Å². The van der Waals surface area contributed by atoms with Crippen molar-refractivity contribution in [3.63, 3.8) is 0 Å². The molecule has 0 heterocycles. The largest absolute Gasteiger partial charge is 0.392 e. The molecule has 0 fully saturated rings. The molecule has 20 heavy (non-hydrogen) atoms. The van der Waals surface area contributed by atoms with E-state index in [4.69, 9.17) is 11.6 Å². The SMILES string of the molecule is OC(CSc1ccccc1F)Cc1ccc(Br)cc1Cl. The predicted octanol–water partition coefficient (Wildman–Crippen LogP) is 4.94. The Morgan fingerprint density at radius 3 is 2.70 bits per heavy atom. The van der Waals surface area contributed by atoms with Crippen LogP contribution in [-0.2, 0) is 6.42 Å². The Kier molecular flexibility index (Phi) is 5.90. The van der Waals surface area contributed by atoms with Gasteiger partial charge in [-0.05, 0) is 29.8 Å². The molecule has 0 aromatic heterocycles. The van der Waals surface area contributed by atoms with Crippen LogP contribution in [0.2, 0.25) is 5.02 Å². The summed E-state index contributed by atoms with van der Waals surface area (Å²) < 4.78 is 14.4. The van der Waals surface area contributed by atoms with Crippen LogP contribution >= 0.6 is 39.3 Å². The molecule has 1 nitrogen and oxygen atoms in total.